The summed E-state index contributed by atoms with van der Waals surface area (Å²) in [6.45, 7) is 0. The number of hydrogen-bond donors (Lipinski definition) is 0. The average Bonchev–Trinajstić information content (AvgIpc) is 2.61. The number of hydrogen-bond acceptors (Lipinski definition) is 1. The van der Waals surface area contributed by atoms with E-state index in [0.29, 0.717) is 11.3 Å². The number of nitrogens with zero attached hydrogens (tertiary/aromatic N) is 2. The van der Waals surface area contributed by atoms with Gasteiger partial charge in [0.2, 0.25) is 0 Å². The minimum absolute atomic E-state index is 0.266. The summed E-state index contributed by atoms with van der Waals surface area (Å²) >= 11 is 5.78. The van der Waals surface area contributed by atoms with Crippen LogP contribution in [-0.4, -0.2) is 9.78 Å². The highest BCUT2D eigenvalue weighted by molar-refractivity contribution is 6.30. The zero-order valence-electron chi connectivity index (χ0n) is 7.61. The highest BCUT2D eigenvalue weighted by Crippen LogP contribution is 2.15. The lowest BCUT2D eigenvalue weighted by Gasteiger charge is -1.99. The third-order valence-electron chi connectivity index (χ3n) is 1.92. The standard InChI is InChI=1S/C11H6ClFN2/c1-2-8-7-15(14-11(8)12)10-5-3-9(13)4-6-10/h1,3-7H. The van der Waals surface area contributed by atoms with E-state index in [9.17, 15) is 4.39 Å². The van der Waals surface area contributed by atoms with E-state index in [2.05, 4.69) is 11.0 Å². The molecule has 0 unspecified atom stereocenters. The molecule has 0 spiro atoms. The molecule has 0 aliphatic heterocycles. The smallest absolute Gasteiger partial charge is 0.167 e. The molecule has 0 aliphatic carbocycles. The topological polar surface area (TPSA) is 17.8 Å². The highest BCUT2D eigenvalue weighted by atomic mass is 35.5. The Bertz CT molecular complexity index is 523. The zero-order valence-corrected chi connectivity index (χ0v) is 8.37. The van der Waals surface area contributed by atoms with Crippen molar-refractivity contribution in [2.75, 3.05) is 0 Å². The molecule has 1 aromatic carbocycles. The number of aromatic nitrogens is 2. The van der Waals surface area contributed by atoms with E-state index in [1.54, 1.807) is 18.3 Å². The minimum atomic E-state index is -0.297. The first-order valence-electron chi connectivity index (χ1n) is 4.18. The van der Waals surface area contributed by atoms with Gasteiger partial charge in [0.05, 0.1) is 11.3 Å². The minimum Gasteiger partial charge on any atom is -0.238 e. The molecule has 0 aliphatic rings. The summed E-state index contributed by atoms with van der Waals surface area (Å²) in [7, 11) is 0. The fourth-order valence-electron chi connectivity index (χ4n) is 1.18. The van der Waals surface area contributed by atoms with Gasteiger partial charge in [-0.2, -0.15) is 5.10 Å². The fourth-order valence-corrected chi connectivity index (χ4v) is 1.36. The summed E-state index contributed by atoms with van der Waals surface area (Å²) in [5.74, 6) is 2.11. The third-order valence-corrected chi connectivity index (χ3v) is 2.20. The summed E-state index contributed by atoms with van der Waals surface area (Å²) in [5.41, 5.74) is 1.22. The predicted octanol–water partition coefficient (Wildman–Crippen LogP) is 2.65. The van der Waals surface area contributed by atoms with E-state index in [0.717, 1.165) is 0 Å². The zero-order chi connectivity index (χ0) is 10.8. The maximum Gasteiger partial charge on any atom is 0.167 e. The van der Waals surface area contributed by atoms with Crippen LogP contribution in [0.15, 0.2) is 30.5 Å². The Morgan fingerprint density at radius 2 is 2.00 bits per heavy atom. The van der Waals surface area contributed by atoms with Gasteiger partial charge in [-0.05, 0) is 24.3 Å². The molecule has 0 fully saturated rings. The number of halogens is 2. The summed E-state index contributed by atoms with van der Waals surface area (Å²) in [6.07, 6.45) is 6.84. The number of benzene rings is 1. The van der Waals surface area contributed by atoms with Gasteiger partial charge in [0, 0.05) is 6.20 Å². The SMILES string of the molecule is C#Cc1cn(-c2ccc(F)cc2)nc1Cl. The number of terminal acetylenes is 1. The van der Waals surface area contributed by atoms with Gasteiger partial charge in [0.15, 0.2) is 5.15 Å². The van der Waals surface area contributed by atoms with Crippen molar-refractivity contribution in [3.63, 3.8) is 0 Å². The van der Waals surface area contributed by atoms with Crippen LogP contribution in [0, 0.1) is 18.2 Å². The molecule has 4 heteroatoms. The van der Waals surface area contributed by atoms with Crippen molar-refractivity contribution in [2.24, 2.45) is 0 Å². The summed E-state index contributed by atoms with van der Waals surface area (Å²) in [4.78, 5) is 0. The molecule has 2 nitrogen and oxygen atoms in total. The molecule has 74 valence electrons. The highest BCUT2D eigenvalue weighted by Gasteiger charge is 2.05. The van der Waals surface area contributed by atoms with E-state index < -0.39 is 0 Å². The van der Waals surface area contributed by atoms with Crippen LogP contribution in [0.1, 0.15) is 5.56 Å². The Kier molecular flexibility index (Phi) is 2.44. The van der Waals surface area contributed by atoms with E-state index in [1.807, 2.05) is 0 Å². The average molecular weight is 221 g/mol. The molecule has 0 saturated carbocycles. The van der Waals surface area contributed by atoms with Gasteiger partial charge in [-0.25, -0.2) is 9.07 Å². The van der Waals surface area contributed by atoms with Crippen LogP contribution in [0.5, 0.6) is 0 Å². The van der Waals surface area contributed by atoms with Crippen LogP contribution in [0.4, 0.5) is 4.39 Å². The molecule has 0 amide bonds. The molecule has 2 rings (SSSR count). The second-order valence-electron chi connectivity index (χ2n) is 2.90. The van der Waals surface area contributed by atoms with Crippen LogP contribution >= 0.6 is 11.6 Å². The quantitative estimate of drug-likeness (QED) is 0.676. The monoisotopic (exact) mass is 220 g/mol. The van der Waals surface area contributed by atoms with Crippen molar-refractivity contribution in [1.29, 1.82) is 0 Å². The van der Waals surface area contributed by atoms with E-state index >= 15 is 0 Å². The Morgan fingerprint density at radius 1 is 1.33 bits per heavy atom. The lowest BCUT2D eigenvalue weighted by Crippen LogP contribution is -1.93. The van der Waals surface area contributed by atoms with Gasteiger partial charge >= 0.3 is 0 Å². The van der Waals surface area contributed by atoms with Gasteiger partial charge in [-0.1, -0.05) is 17.5 Å². The van der Waals surface area contributed by atoms with E-state index in [-0.39, 0.29) is 11.0 Å². The maximum atomic E-state index is 12.7. The first kappa shape index (κ1) is 9.75. The van der Waals surface area contributed by atoms with Crippen LogP contribution in [0.2, 0.25) is 5.15 Å². The van der Waals surface area contributed by atoms with Crippen LogP contribution in [0.25, 0.3) is 5.69 Å². The van der Waals surface area contributed by atoms with Gasteiger partial charge in [-0.3, -0.25) is 0 Å². The molecule has 0 saturated heterocycles. The summed E-state index contributed by atoms with van der Waals surface area (Å²) < 4.78 is 14.2. The van der Waals surface area contributed by atoms with Gasteiger partial charge in [-0.15, -0.1) is 6.42 Å². The Hall–Kier alpha value is -1.79. The molecule has 15 heavy (non-hydrogen) atoms. The Labute approximate surface area is 91.3 Å². The van der Waals surface area contributed by atoms with Crippen molar-refractivity contribution < 1.29 is 4.39 Å². The second kappa shape index (κ2) is 3.76. The lowest BCUT2D eigenvalue weighted by molar-refractivity contribution is 0.627. The Morgan fingerprint density at radius 3 is 2.53 bits per heavy atom. The summed E-state index contributed by atoms with van der Waals surface area (Å²) in [6, 6.07) is 5.89. The molecule has 0 N–H and O–H groups in total. The second-order valence-corrected chi connectivity index (χ2v) is 3.26. The first-order valence-corrected chi connectivity index (χ1v) is 4.56. The predicted molar refractivity (Wildman–Crippen MR) is 56.5 cm³/mol. The van der Waals surface area contributed by atoms with Crippen molar-refractivity contribution in [2.45, 2.75) is 0 Å². The first-order chi connectivity index (χ1) is 7.20. The molecule has 0 radical (unpaired) electrons. The lowest BCUT2D eigenvalue weighted by atomic mass is 10.3. The van der Waals surface area contributed by atoms with Crippen molar-refractivity contribution >= 4 is 11.6 Å². The molecule has 0 atom stereocenters. The van der Waals surface area contributed by atoms with Crippen molar-refractivity contribution in [3.05, 3.63) is 47.0 Å². The van der Waals surface area contributed by atoms with Crippen LogP contribution < -0.4 is 0 Å². The summed E-state index contributed by atoms with van der Waals surface area (Å²) in [5, 5.41) is 4.26. The van der Waals surface area contributed by atoms with Crippen molar-refractivity contribution in [3.8, 4) is 18.0 Å². The molecule has 1 heterocycles. The normalized spacial score (nSPS) is 9.93. The molecule has 0 bridgehead atoms. The van der Waals surface area contributed by atoms with E-state index in [1.165, 1.54) is 16.8 Å². The van der Waals surface area contributed by atoms with Gasteiger partial charge in [0.25, 0.3) is 0 Å². The van der Waals surface area contributed by atoms with Crippen molar-refractivity contribution in [1.82, 2.24) is 9.78 Å². The maximum absolute atomic E-state index is 12.7. The van der Waals surface area contributed by atoms with E-state index in [4.69, 9.17) is 18.0 Å². The van der Waals surface area contributed by atoms with Gasteiger partial charge < -0.3 is 0 Å². The largest absolute Gasteiger partial charge is 0.238 e. The van der Waals surface area contributed by atoms with Crippen LogP contribution in [-0.2, 0) is 0 Å². The molecular weight excluding hydrogens is 215 g/mol. The van der Waals surface area contributed by atoms with Gasteiger partial charge in [0.1, 0.15) is 5.82 Å². The van der Waals surface area contributed by atoms with Crippen LogP contribution in [0.3, 0.4) is 0 Å². The Balaban J connectivity index is 2.46. The number of rotatable bonds is 1. The molecular formula is C11H6ClFN2. The molecule has 2 aromatic rings. The fraction of sp³-hybridized carbons (Fsp3) is 0. The third kappa shape index (κ3) is 1.85. The molecule has 1 aromatic heterocycles.